The first-order chi connectivity index (χ1) is 9.31. The van der Waals surface area contributed by atoms with Gasteiger partial charge >= 0.3 is 0 Å². The van der Waals surface area contributed by atoms with Gasteiger partial charge in [-0.25, -0.2) is 0 Å². The summed E-state index contributed by atoms with van der Waals surface area (Å²) in [6, 6.07) is 0. The van der Waals surface area contributed by atoms with E-state index in [1.807, 2.05) is 0 Å². The molecule has 1 atom stereocenters. The van der Waals surface area contributed by atoms with Gasteiger partial charge in [0.05, 0.1) is 6.61 Å². The van der Waals surface area contributed by atoms with E-state index in [1.54, 1.807) is 0 Å². The second kappa shape index (κ2) is 16.2. The molecular formula is C16H34O2S. The molecule has 0 aliphatic rings. The Morgan fingerprint density at radius 3 is 1.53 bits per heavy atom. The number of hydrogen-bond acceptors (Lipinski definition) is 2. The van der Waals surface area contributed by atoms with Crippen LogP contribution in [0.5, 0.6) is 0 Å². The lowest BCUT2D eigenvalue weighted by Gasteiger charge is -2.03. The smallest absolute Gasteiger partial charge is 0.0546 e. The summed E-state index contributed by atoms with van der Waals surface area (Å²) in [6.07, 6.45) is 16.0. The molecular weight excluding hydrogens is 256 g/mol. The van der Waals surface area contributed by atoms with Crippen LogP contribution in [0, 0.1) is 0 Å². The molecule has 0 spiro atoms. The molecule has 1 N–H and O–H groups in total. The molecule has 0 aromatic heterocycles. The van der Waals surface area contributed by atoms with E-state index in [2.05, 4.69) is 6.92 Å². The highest BCUT2D eigenvalue weighted by atomic mass is 32.2. The van der Waals surface area contributed by atoms with Gasteiger partial charge in [-0.15, -0.1) is 0 Å². The van der Waals surface area contributed by atoms with E-state index >= 15 is 0 Å². The zero-order valence-electron chi connectivity index (χ0n) is 12.9. The topological polar surface area (TPSA) is 37.3 Å². The third-order valence-electron chi connectivity index (χ3n) is 3.54. The summed E-state index contributed by atoms with van der Waals surface area (Å²) in [5.41, 5.74) is 0. The fourth-order valence-electron chi connectivity index (χ4n) is 2.31. The molecule has 116 valence electrons. The molecule has 19 heavy (non-hydrogen) atoms. The van der Waals surface area contributed by atoms with Crippen LogP contribution in [-0.4, -0.2) is 27.4 Å². The molecule has 0 aromatic rings. The highest BCUT2D eigenvalue weighted by Gasteiger charge is 1.98. The van der Waals surface area contributed by atoms with Crippen LogP contribution >= 0.6 is 0 Å². The summed E-state index contributed by atoms with van der Waals surface area (Å²) in [6.45, 7) is 2.32. The van der Waals surface area contributed by atoms with Crippen LogP contribution in [0.15, 0.2) is 0 Å². The summed E-state index contributed by atoms with van der Waals surface area (Å²) < 4.78 is 11.3. The van der Waals surface area contributed by atoms with Crippen molar-refractivity contribution in [1.29, 1.82) is 0 Å². The highest BCUT2D eigenvalue weighted by Crippen LogP contribution is 2.11. The molecule has 0 aliphatic heterocycles. The number of hydrogen-bond donors (Lipinski definition) is 1. The van der Waals surface area contributed by atoms with Gasteiger partial charge in [0.2, 0.25) is 0 Å². The number of aliphatic hydroxyl groups is 1. The maximum Gasteiger partial charge on any atom is 0.0546 e. The van der Waals surface area contributed by atoms with Crippen molar-refractivity contribution in [2.24, 2.45) is 0 Å². The first kappa shape index (κ1) is 19.1. The highest BCUT2D eigenvalue weighted by molar-refractivity contribution is 7.84. The average Bonchev–Trinajstić information content (AvgIpc) is 2.40. The molecule has 0 aliphatic carbocycles. The zero-order chi connectivity index (χ0) is 14.2. The van der Waals surface area contributed by atoms with E-state index in [-0.39, 0.29) is 6.61 Å². The second-order valence-electron chi connectivity index (χ2n) is 5.46. The molecule has 1 unspecified atom stereocenters. The van der Waals surface area contributed by atoms with Crippen molar-refractivity contribution in [2.45, 2.75) is 84.0 Å². The normalized spacial score (nSPS) is 12.7. The Morgan fingerprint density at radius 1 is 0.684 bits per heavy atom. The zero-order valence-corrected chi connectivity index (χ0v) is 13.7. The molecule has 0 aromatic carbocycles. The summed E-state index contributed by atoms with van der Waals surface area (Å²) in [5, 5.41) is 8.63. The fraction of sp³-hybridized carbons (Fsp3) is 1.00. The molecule has 0 bridgehead atoms. The first-order valence-electron chi connectivity index (χ1n) is 8.27. The van der Waals surface area contributed by atoms with Gasteiger partial charge < -0.3 is 5.11 Å². The van der Waals surface area contributed by atoms with Gasteiger partial charge in [0.1, 0.15) is 0 Å². The van der Waals surface area contributed by atoms with Crippen LogP contribution in [0.25, 0.3) is 0 Å². The van der Waals surface area contributed by atoms with Crippen molar-refractivity contribution in [3.05, 3.63) is 0 Å². The van der Waals surface area contributed by atoms with Crippen molar-refractivity contribution < 1.29 is 9.32 Å². The molecule has 0 fully saturated rings. The van der Waals surface area contributed by atoms with E-state index in [0.717, 1.165) is 12.2 Å². The van der Waals surface area contributed by atoms with Gasteiger partial charge in [-0.05, 0) is 6.42 Å². The van der Waals surface area contributed by atoms with E-state index in [9.17, 15) is 4.21 Å². The molecule has 0 radical (unpaired) electrons. The van der Waals surface area contributed by atoms with Crippen molar-refractivity contribution in [3.8, 4) is 0 Å². The van der Waals surface area contributed by atoms with Crippen LogP contribution in [0.2, 0.25) is 0 Å². The third-order valence-corrected chi connectivity index (χ3v) is 4.93. The van der Waals surface area contributed by atoms with Gasteiger partial charge in [-0.3, -0.25) is 4.21 Å². The molecule has 0 amide bonds. The van der Waals surface area contributed by atoms with Crippen molar-refractivity contribution in [1.82, 2.24) is 0 Å². The Hall–Kier alpha value is 0.110. The quantitative estimate of drug-likeness (QED) is 0.453. The monoisotopic (exact) mass is 290 g/mol. The summed E-state index contributed by atoms with van der Waals surface area (Å²) in [4.78, 5) is 0. The van der Waals surface area contributed by atoms with Crippen LogP contribution in [-0.2, 0) is 10.8 Å². The Bertz CT molecular complexity index is 195. The number of rotatable bonds is 15. The van der Waals surface area contributed by atoms with Gasteiger partial charge in [0.15, 0.2) is 0 Å². The van der Waals surface area contributed by atoms with Gasteiger partial charge in [-0.1, -0.05) is 77.6 Å². The molecule has 2 nitrogen and oxygen atoms in total. The predicted molar refractivity (Wildman–Crippen MR) is 86.0 cm³/mol. The summed E-state index contributed by atoms with van der Waals surface area (Å²) in [5.74, 6) is 1.23. The Balaban J connectivity index is 3.01. The van der Waals surface area contributed by atoms with E-state index in [1.165, 1.54) is 70.6 Å². The van der Waals surface area contributed by atoms with Gasteiger partial charge in [0, 0.05) is 22.3 Å². The Labute approximate surface area is 122 Å². The van der Waals surface area contributed by atoms with Crippen LogP contribution in [0.3, 0.4) is 0 Å². The molecule has 3 heteroatoms. The molecule has 0 saturated carbocycles. The van der Waals surface area contributed by atoms with Crippen molar-refractivity contribution >= 4 is 10.8 Å². The van der Waals surface area contributed by atoms with Crippen molar-refractivity contribution in [3.63, 3.8) is 0 Å². The fourth-order valence-corrected chi connectivity index (χ4v) is 3.24. The van der Waals surface area contributed by atoms with Crippen LogP contribution in [0.1, 0.15) is 84.0 Å². The van der Waals surface area contributed by atoms with Gasteiger partial charge in [0.25, 0.3) is 0 Å². The lowest BCUT2D eigenvalue weighted by molar-refractivity contribution is 0.321. The van der Waals surface area contributed by atoms with Gasteiger partial charge in [-0.2, -0.15) is 0 Å². The lowest BCUT2D eigenvalue weighted by Crippen LogP contribution is -2.05. The molecule has 0 rings (SSSR count). The van der Waals surface area contributed by atoms with E-state index in [4.69, 9.17) is 5.11 Å². The van der Waals surface area contributed by atoms with E-state index < -0.39 is 10.8 Å². The van der Waals surface area contributed by atoms with Crippen molar-refractivity contribution in [2.75, 3.05) is 18.1 Å². The van der Waals surface area contributed by atoms with Crippen LogP contribution < -0.4 is 0 Å². The Morgan fingerprint density at radius 2 is 1.11 bits per heavy atom. The molecule has 0 saturated heterocycles. The summed E-state index contributed by atoms with van der Waals surface area (Å²) in [7, 11) is -0.785. The standard InChI is InChI=1S/C16H34O2S/c1-2-3-4-5-6-7-8-9-10-11-12-13-15-19(18)16-14-17/h17H,2-16H2,1H3. The predicted octanol–water partition coefficient (Wildman–Crippen LogP) is 4.43. The summed E-state index contributed by atoms with van der Waals surface area (Å²) >= 11 is 0. The average molecular weight is 291 g/mol. The minimum absolute atomic E-state index is 0.0604. The maximum atomic E-state index is 11.3. The second-order valence-corrected chi connectivity index (χ2v) is 7.16. The lowest BCUT2D eigenvalue weighted by atomic mass is 10.1. The maximum absolute atomic E-state index is 11.3. The Kier molecular flexibility index (Phi) is 16.3. The molecule has 0 heterocycles. The van der Waals surface area contributed by atoms with E-state index in [0.29, 0.717) is 5.75 Å². The number of aliphatic hydroxyl groups excluding tert-OH is 1. The number of unbranched alkanes of at least 4 members (excludes halogenated alkanes) is 11. The third kappa shape index (κ3) is 16.1. The first-order valence-corrected chi connectivity index (χ1v) is 9.76. The minimum Gasteiger partial charge on any atom is -0.395 e. The SMILES string of the molecule is CCCCCCCCCCCCCCS(=O)CCO. The van der Waals surface area contributed by atoms with Crippen LogP contribution in [0.4, 0.5) is 0 Å². The largest absolute Gasteiger partial charge is 0.395 e. The minimum atomic E-state index is -0.785.